The first kappa shape index (κ1) is 18.8. The molecule has 1 aromatic heterocycles. The fourth-order valence-electron chi connectivity index (χ4n) is 1.88. The first-order valence-electron chi connectivity index (χ1n) is 7.25. The van der Waals surface area contributed by atoms with E-state index >= 15 is 0 Å². The van der Waals surface area contributed by atoms with Gasteiger partial charge in [0, 0.05) is 17.5 Å². The molecule has 0 aliphatic heterocycles. The van der Waals surface area contributed by atoms with E-state index < -0.39 is 17.3 Å². The number of anilines is 1. The second-order valence-electron chi connectivity index (χ2n) is 5.00. The maximum absolute atomic E-state index is 12.7. The first-order valence-corrected chi connectivity index (χ1v) is 8.78. The van der Waals surface area contributed by atoms with Crippen LogP contribution in [0.1, 0.15) is 24.7 Å². The Morgan fingerprint density at radius 2 is 1.88 bits per heavy atom. The number of aromatic nitrogens is 3. The van der Waals surface area contributed by atoms with Crippen LogP contribution in [0, 0.1) is 0 Å². The Morgan fingerprint density at radius 3 is 2.50 bits per heavy atom. The predicted octanol–water partition coefficient (Wildman–Crippen LogP) is 4.67. The number of alkyl halides is 3. The molecular formula is C15H16ClF3N4S. The molecule has 0 saturated carbocycles. The average molecular weight is 377 g/mol. The van der Waals surface area contributed by atoms with Crippen molar-refractivity contribution in [1.82, 2.24) is 15.0 Å². The van der Waals surface area contributed by atoms with Crippen LogP contribution in [0.3, 0.4) is 0 Å². The van der Waals surface area contributed by atoms with Gasteiger partial charge in [0.15, 0.2) is 0 Å². The molecule has 0 bridgehead atoms. The molecule has 0 amide bonds. The summed E-state index contributed by atoms with van der Waals surface area (Å²) in [6, 6.07) is 9.88. The monoisotopic (exact) mass is 376 g/mol. The van der Waals surface area contributed by atoms with Crippen molar-refractivity contribution >= 4 is 29.3 Å². The Kier molecular flexibility index (Phi) is 6.68. The summed E-state index contributed by atoms with van der Waals surface area (Å²) >= 11 is 7.24. The molecule has 24 heavy (non-hydrogen) atoms. The molecule has 1 atom stereocenters. The number of hydrogen-bond donors (Lipinski definition) is 1. The van der Waals surface area contributed by atoms with Gasteiger partial charge in [-0.15, -0.1) is 0 Å². The van der Waals surface area contributed by atoms with Gasteiger partial charge < -0.3 is 5.32 Å². The normalized spacial score (nSPS) is 12.9. The molecule has 1 N–H and O–H groups in total. The highest BCUT2D eigenvalue weighted by Crippen LogP contribution is 2.27. The molecule has 2 aromatic rings. The third-order valence-electron chi connectivity index (χ3n) is 3.12. The summed E-state index contributed by atoms with van der Waals surface area (Å²) in [5.74, 6) is 0.0761. The van der Waals surface area contributed by atoms with Gasteiger partial charge in [0.05, 0.1) is 0 Å². The molecule has 2 rings (SSSR count). The number of thioether (sulfide) groups is 1. The number of benzene rings is 1. The molecule has 1 unspecified atom stereocenters. The highest BCUT2D eigenvalue weighted by Gasteiger charge is 2.35. The zero-order chi connectivity index (χ0) is 17.6. The lowest BCUT2D eigenvalue weighted by Gasteiger charge is -2.17. The Balaban J connectivity index is 1.96. The Labute approximate surface area is 147 Å². The van der Waals surface area contributed by atoms with Crippen molar-refractivity contribution in [3.05, 3.63) is 47.0 Å². The minimum atomic E-state index is -4.66. The Morgan fingerprint density at radius 1 is 1.17 bits per heavy atom. The largest absolute Gasteiger partial charge is 0.451 e. The summed E-state index contributed by atoms with van der Waals surface area (Å²) in [5, 5.41) is 2.42. The fraction of sp³-hybridized carbons (Fsp3) is 0.400. The van der Waals surface area contributed by atoms with Gasteiger partial charge in [0.1, 0.15) is 0 Å². The molecule has 0 fully saturated rings. The van der Waals surface area contributed by atoms with Crippen LogP contribution in [0.4, 0.5) is 19.1 Å². The minimum Gasteiger partial charge on any atom is -0.351 e. The first-order chi connectivity index (χ1) is 11.4. The van der Waals surface area contributed by atoms with E-state index in [1.807, 2.05) is 37.3 Å². The van der Waals surface area contributed by atoms with E-state index in [0.29, 0.717) is 12.2 Å². The third-order valence-corrected chi connectivity index (χ3v) is 4.46. The molecule has 0 aliphatic carbocycles. The number of hydrogen-bond acceptors (Lipinski definition) is 5. The van der Waals surface area contributed by atoms with Crippen molar-refractivity contribution in [3.63, 3.8) is 0 Å². The summed E-state index contributed by atoms with van der Waals surface area (Å²) in [4.78, 5) is 10.2. The standard InChI is InChI=1S/C15H16ClF3N4S/c1-2-11(9-24-8-10-6-4-3-5-7-10)20-14-22-12(15(17,18)19)21-13(16)23-14/h3-7,11H,2,8-9H2,1H3,(H,20,21,22,23). The molecular weight excluding hydrogens is 361 g/mol. The molecule has 4 nitrogen and oxygen atoms in total. The highest BCUT2D eigenvalue weighted by molar-refractivity contribution is 7.98. The summed E-state index contributed by atoms with van der Waals surface area (Å²) in [7, 11) is 0. The zero-order valence-electron chi connectivity index (χ0n) is 12.8. The van der Waals surface area contributed by atoms with Gasteiger partial charge in [-0.05, 0) is 23.6 Å². The molecule has 1 heterocycles. The van der Waals surface area contributed by atoms with E-state index in [2.05, 4.69) is 20.3 Å². The molecule has 0 radical (unpaired) electrons. The molecule has 130 valence electrons. The summed E-state index contributed by atoms with van der Waals surface area (Å²) < 4.78 is 38.1. The lowest BCUT2D eigenvalue weighted by Crippen LogP contribution is -2.24. The third kappa shape index (κ3) is 5.83. The smallest absolute Gasteiger partial charge is 0.351 e. The number of nitrogens with zero attached hydrogens (tertiary/aromatic N) is 3. The van der Waals surface area contributed by atoms with Gasteiger partial charge in [0.25, 0.3) is 0 Å². The van der Waals surface area contributed by atoms with E-state index in [-0.39, 0.29) is 12.0 Å². The van der Waals surface area contributed by atoms with Gasteiger partial charge >= 0.3 is 6.18 Å². The fourth-order valence-corrected chi connectivity index (χ4v) is 3.19. The summed E-state index contributed by atoms with van der Waals surface area (Å²) in [6.45, 7) is 1.94. The van der Waals surface area contributed by atoms with E-state index in [1.54, 1.807) is 11.8 Å². The van der Waals surface area contributed by atoms with Gasteiger partial charge in [-0.1, -0.05) is 37.3 Å². The van der Waals surface area contributed by atoms with Crippen LogP contribution in [-0.4, -0.2) is 26.7 Å². The Bertz CT molecular complexity index is 655. The van der Waals surface area contributed by atoms with Crippen LogP contribution in [0.25, 0.3) is 0 Å². The highest BCUT2D eigenvalue weighted by atomic mass is 35.5. The average Bonchev–Trinajstić information content (AvgIpc) is 2.53. The lowest BCUT2D eigenvalue weighted by atomic mass is 10.2. The minimum absolute atomic E-state index is 0.0711. The van der Waals surface area contributed by atoms with Gasteiger partial charge in [-0.2, -0.15) is 39.9 Å². The Hall–Kier alpha value is -1.54. The number of nitrogens with one attached hydrogen (secondary N) is 1. The molecule has 0 aliphatic rings. The van der Waals surface area contributed by atoms with Crippen LogP contribution in [0.2, 0.25) is 5.28 Å². The molecule has 1 aromatic carbocycles. The van der Waals surface area contributed by atoms with E-state index in [1.165, 1.54) is 5.56 Å². The summed E-state index contributed by atoms with van der Waals surface area (Å²) in [6.07, 6.45) is -3.95. The lowest BCUT2D eigenvalue weighted by molar-refractivity contribution is -0.145. The van der Waals surface area contributed by atoms with Crippen LogP contribution < -0.4 is 5.32 Å². The van der Waals surface area contributed by atoms with E-state index in [0.717, 1.165) is 5.75 Å². The van der Waals surface area contributed by atoms with Crippen LogP contribution in [0.15, 0.2) is 30.3 Å². The number of halogens is 4. The van der Waals surface area contributed by atoms with E-state index in [4.69, 9.17) is 11.6 Å². The zero-order valence-corrected chi connectivity index (χ0v) is 14.4. The second kappa shape index (κ2) is 8.53. The summed E-state index contributed by atoms with van der Waals surface area (Å²) in [5.41, 5.74) is 1.19. The van der Waals surface area contributed by atoms with Crippen molar-refractivity contribution < 1.29 is 13.2 Å². The second-order valence-corrected chi connectivity index (χ2v) is 6.37. The molecule has 0 saturated heterocycles. The maximum atomic E-state index is 12.7. The van der Waals surface area contributed by atoms with E-state index in [9.17, 15) is 13.2 Å². The van der Waals surface area contributed by atoms with Crippen LogP contribution >= 0.6 is 23.4 Å². The predicted molar refractivity (Wildman–Crippen MR) is 90.1 cm³/mol. The van der Waals surface area contributed by atoms with Gasteiger partial charge in [-0.3, -0.25) is 0 Å². The van der Waals surface area contributed by atoms with Gasteiger partial charge in [-0.25, -0.2) is 0 Å². The van der Waals surface area contributed by atoms with Crippen molar-refractivity contribution in [1.29, 1.82) is 0 Å². The van der Waals surface area contributed by atoms with Crippen LogP contribution in [0.5, 0.6) is 0 Å². The SMILES string of the molecule is CCC(CSCc1ccccc1)Nc1nc(Cl)nc(C(F)(F)F)n1. The van der Waals surface area contributed by atoms with Crippen molar-refractivity contribution in [3.8, 4) is 0 Å². The maximum Gasteiger partial charge on any atom is 0.451 e. The topological polar surface area (TPSA) is 50.7 Å². The quantitative estimate of drug-likeness (QED) is 0.761. The van der Waals surface area contributed by atoms with Crippen LogP contribution in [-0.2, 0) is 11.9 Å². The van der Waals surface area contributed by atoms with Crippen molar-refractivity contribution in [2.45, 2.75) is 31.3 Å². The number of rotatable bonds is 7. The van der Waals surface area contributed by atoms with Crippen molar-refractivity contribution in [2.24, 2.45) is 0 Å². The van der Waals surface area contributed by atoms with Gasteiger partial charge in [0.2, 0.25) is 17.1 Å². The molecule has 9 heteroatoms. The molecule has 0 spiro atoms. The van der Waals surface area contributed by atoms with Crippen molar-refractivity contribution in [2.75, 3.05) is 11.1 Å².